The molecule has 0 radical (unpaired) electrons. The number of nitrogens with two attached hydrogens (primary N) is 1. The standard InChI is InChI=1S/C20H32FNO/c1-3-12-19(22,13-4-2)18-11-7-8-14-20(18,23)15-16-9-5-6-10-17(16)21/h5-6,9-10,18,23H,3-4,7-8,11-15,22H2,1-2H3. The van der Waals surface area contributed by atoms with Gasteiger partial charge in [0.1, 0.15) is 5.82 Å². The van der Waals surface area contributed by atoms with E-state index < -0.39 is 5.60 Å². The Kier molecular flexibility index (Phi) is 6.21. The molecule has 1 fully saturated rings. The lowest BCUT2D eigenvalue weighted by Gasteiger charge is -2.50. The van der Waals surface area contributed by atoms with Gasteiger partial charge in [0.25, 0.3) is 0 Å². The molecule has 0 amide bonds. The normalized spacial score (nSPS) is 25.5. The van der Waals surface area contributed by atoms with E-state index in [0.717, 1.165) is 51.4 Å². The first-order valence-corrected chi connectivity index (χ1v) is 9.20. The molecule has 3 N–H and O–H groups in total. The molecule has 1 aromatic rings. The number of benzene rings is 1. The SMILES string of the molecule is CCCC(N)(CCC)C1CCCCC1(O)Cc1ccccc1F. The van der Waals surface area contributed by atoms with E-state index in [4.69, 9.17) is 5.73 Å². The van der Waals surface area contributed by atoms with Crippen molar-refractivity contribution in [2.24, 2.45) is 11.7 Å². The van der Waals surface area contributed by atoms with Gasteiger partial charge < -0.3 is 10.8 Å². The zero-order valence-corrected chi connectivity index (χ0v) is 14.7. The Labute approximate surface area is 140 Å². The molecule has 3 heteroatoms. The lowest BCUT2D eigenvalue weighted by molar-refractivity contribution is -0.0823. The Morgan fingerprint density at radius 1 is 1.22 bits per heavy atom. The molecule has 1 aliphatic carbocycles. The fourth-order valence-electron chi connectivity index (χ4n) is 4.63. The van der Waals surface area contributed by atoms with E-state index in [1.165, 1.54) is 6.07 Å². The average Bonchev–Trinajstić information content (AvgIpc) is 2.50. The van der Waals surface area contributed by atoms with Crippen LogP contribution in [0.5, 0.6) is 0 Å². The molecule has 1 aliphatic rings. The topological polar surface area (TPSA) is 46.2 Å². The number of hydrogen-bond acceptors (Lipinski definition) is 2. The van der Waals surface area contributed by atoms with Gasteiger partial charge in [-0.1, -0.05) is 57.7 Å². The second kappa shape index (κ2) is 7.76. The summed E-state index contributed by atoms with van der Waals surface area (Å²) in [4.78, 5) is 0. The van der Waals surface area contributed by atoms with Crippen LogP contribution < -0.4 is 5.73 Å². The molecule has 0 aromatic heterocycles. The number of aliphatic hydroxyl groups is 1. The van der Waals surface area contributed by atoms with Crippen LogP contribution in [0.2, 0.25) is 0 Å². The largest absolute Gasteiger partial charge is 0.389 e. The van der Waals surface area contributed by atoms with Gasteiger partial charge in [-0.05, 0) is 37.3 Å². The summed E-state index contributed by atoms with van der Waals surface area (Å²) >= 11 is 0. The second-order valence-corrected chi connectivity index (χ2v) is 7.40. The summed E-state index contributed by atoms with van der Waals surface area (Å²) in [5, 5.41) is 11.5. The maximum Gasteiger partial charge on any atom is 0.126 e. The van der Waals surface area contributed by atoms with Crippen molar-refractivity contribution in [3.8, 4) is 0 Å². The highest BCUT2D eigenvalue weighted by Gasteiger charge is 2.48. The number of hydrogen-bond donors (Lipinski definition) is 2. The lowest BCUT2D eigenvalue weighted by atomic mass is 9.61. The van der Waals surface area contributed by atoms with E-state index in [0.29, 0.717) is 12.0 Å². The highest BCUT2D eigenvalue weighted by atomic mass is 19.1. The van der Waals surface area contributed by atoms with Crippen molar-refractivity contribution >= 4 is 0 Å². The van der Waals surface area contributed by atoms with Gasteiger partial charge in [0.05, 0.1) is 5.60 Å². The first-order chi connectivity index (χ1) is 10.9. The van der Waals surface area contributed by atoms with Crippen LogP contribution in [0, 0.1) is 11.7 Å². The van der Waals surface area contributed by atoms with Gasteiger partial charge in [-0.25, -0.2) is 4.39 Å². The molecule has 130 valence electrons. The smallest absolute Gasteiger partial charge is 0.126 e. The van der Waals surface area contributed by atoms with Crippen LogP contribution in [0.15, 0.2) is 24.3 Å². The van der Waals surface area contributed by atoms with E-state index in [-0.39, 0.29) is 17.3 Å². The minimum Gasteiger partial charge on any atom is -0.389 e. The number of rotatable bonds is 7. The van der Waals surface area contributed by atoms with E-state index in [9.17, 15) is 9.50 Å². The fourth-order valence-corrected chi connectivity index (χ4v) is 4.63. The minimum atomic E-state index is -0.889. The van der Waals surface area contributed by atoms with E-state index in [1.54, 1.807) is 12.1 Å². The van der Waals surface area contributed by atoms with Crippen LogP contribution in [-0.4, -0.2) is 16.2 Å². The molecular formula is C20H32FNO. The average molecular weight is 321 g/mol. The van der Waals surface area contributed by atoms with Crippen molar-refractivity contribution in [3.05, 3.63) is 35.6 Å². The zero-order chi connectivity index (χ0) is 16.9. The van der Waals surface area contributed by atoms with Crippen LogP contribution in [-0.2, 0) is 6.42 Å². The minimum absolute atomic E-state index is 0.0447. The summed E-state index contributed by atoms with van der Waals surface area (Å²) in [5.41, 5.74) is 6.18. The highest BCUT2D eigenvalue weighted by molar-refractivity contribution is 5.21. The van der Waals surface area contributed by atoms with Gasteiger partial charge in [0.15, 0.2) is 0 Å². The molecule has 1 saturated carbocycles. The molecule has 2 rings (SSSR count). The zero-order valence-electron chi connectivity index (χ0n) is 14.7. The molecule has 2 nitrogen and oxygen atoms in total. The van der Waals surface area contributed by atoms with Gasteiger partial charge in [0.2, 0.25) is 0 Å². The Balaban J connectivity index is 2.30. The van der Waals surface area contributed by atoms with Crippen molar-refractivity contribution in [2.75, 3.05) is 0 Å². The summed E-state index contributed by atoms with van der Waals surface area (Å²) in [6, 6.07) is 6.80. The molecule has 0 saturated heterocycles. The summed E-state index contributed by atoms with van der Waals surface area (Å²) in [5.74, 6) is -0.179. The summed E-state index contributed by atoms with van der Waals surface area (Å²) in [6.07, 6.45) is 8.02. The van der Waals surface area contributed by atoms with Gasteiger partial charge in [-0.2, -0.15) is 0 Å². The van der Waals surface area contributed by atoms with Gasteiger partial charge in [-0.3, -0.25) is 0 Å². The number of halogens is 1. The van der Waals surface area contributed by atoms with Crippen LogP contribution in [0.1, 0.15) is 70.8 Å². The van der Waals surface area contributed by atoms with E-state index in [1.807, 2.05) is 6.07 Å². The lowest BCUT2D eigenvalue weighted by Crippen LogP contribution is -2.59. The molecule has 2 unspecified atom stereocenters. The Morgan fingerprint density at radius 2 is 1.87 bits per heavy atom. The molecule has 0 aliphatic heterocycles. The third-order valence-electron chi connectivity index (χ3n) is 5.58. The van der Waals surface area contributed by atoms with Crippen molar-refractivity contribution < 1.29 is 9.50 Å². The molecule has 0 bridgehead atoms. The van der Waals surface area contributed by atoms with Crippen LogP contribution >= 0.6 is 0 Å². The molecule has 2 atom stereocenters. The fraction of sp³-hybridized carbons (Fsp3) is 0.700. The first kappa shape index (κ1) is 18.4. The predicted octanol–water partition coefficient (Wildman–Crippen LogP) is 4.59. The molecule has 23 heavy (non-hydrogen) atoms. The van der Waals surface area contributed by atoms with Crippen molar-refractivity contribution in [1.82, 2.24) is 0 Å². The van der Waals surface area contributed by atoms with E-state index in [2.05, 4.69) is 13.8 Å². The molecule has 0 heterocycles. The van der Waals surface area contributed by atoms with Crippen LogP contribution in [0.25, 0.3) is 0 Å². The third kappa shape index (κ3) is 4.13. The van der Waals surface area contributed by atoms with Crippen molar-refractivity contribution in [1.29, 1.82) is 0 Å². The Morgan fingerprint density at radius 3 is 2.48 bits per heavy atom. The molecular weight excluding hydrogens is 289 g/mol. The van der Waals surface area contributed by atoms with Crippen molar-refractivity contribution in [3.63, 3.8) is 0 Å². The maximum atomic E-state index is 14.1. The third-order valence-corrected chi connectivity index (χ3v) is 5.58. The summed E-state index contributed by atoms with van der Waals surface area (Å²) in [7, 11) is 0. The van der Waals surface area contributed by atoms with Gasteiger partial charge in [-0.15, -0.1) is 0 Å². The quantitative estimate of drug-likeness (QED) is 0.771. The summed E-state index contributed by atoms with van der Waals surface area (Å²) in [6.45, 7) is 4.30. The monoisotopic (exact) mass is 321 g/mol. The molecule has 0 spiro atoms. The summed E-state index contributed by atoms with van der Waals surface area (Å²) < 4.78 is 14.1. The predicted molar refractivity (Wildman–Crippen MR) is 93.7 cm³/mol. The van der Waals surface area contributed by atoms with Gasteiger partial charge in [0, 0.05) is 17.9 Å². The van der Waals surface area contributed by atoms with Crippen molar-refractivity contribution in [2.45, 2.75) is 82.8 Å². The van der Waals surface area contributed by atoms with E-state index >= 15 is 0 Å². The Bertz CT molecular complexity index is 498. The second-order valence-electron chi connectivity index (χ2n) is 7.40. The van der Waals surface area contributed by atoms with Crippen LogP contribution in [0.4, 0.5) is 4.39 Å². The van der Waals surface area contributed by atoms with Gasteiger partial charge >= 0.3 is 0 Å². The molecule has 1 aromatic carbocycles. The highest BCUT2D eigenvalue weighted by Crippen LogP contribution is 2.44. The Hall–Kier alpha value is -0.930. The first-order valence-electron chi connectivity index (χ1n) is 9.20. The maximum absolute atomic E-state index is 14.1. The van der Waals surface area contributed by atoms with Crippen LogP contribution in [0.3, 0.4) is 0 Å².